The van der Waals surface area contributed by atoms with Crippen LogP contribution in [0.4, 0.5) is 10.6 Å². The Balaban J connectivity index is 2.22. The molecule has 0 bridgehead atoms. The van der Waals surface area contributed by atoms with Crippen LogP contribution in [0.15, 0.2) is 41.0 Å². The minimum atomic E-state index is -0.489. The number of anilines is 1. The molecule has 2 aromatic rings. The maximum absolute atomic E-state index is 11.4. The van der Waals surface area contributed by atoms with E-state index in [1.165, 1.54) is 0 Å². The number of hydrogen-bond donors (Lipinski definition) is 1. The summed E-state index contributed by atoms with van der Waals surface area (Å²) in [5, 5.41) is 6.79. The summed E-state index contributed by atoms with van der Waals surface area (Å²) in [7, 11) is 0. The molecule has 1 aromatic heterocycles. The van der Waals surface area contributed by atoms with Crippen molar-refractivity contribution in [3.63, 3.8) is 0 Å². The van der Waals surface area contributed by atoms with E-state index >= 15 is 0 Å². The van der Waals surface area contributed by atoms with Gasteiger partial charge in [-0.05, 0) is 31.2 Å². The Kier molecular flexibility index (Phi) is 3.99. The fourth-order valence-corrected chi connectivity index (χ4v) is 1.72. The number of hydrogen-bond acceptors (Lipinski definition) is 3. The summed E-state index contributed by atoms with van der Waals surface area (Å²) in [5.41, 5.74) is 0.856. The minimum Gasteiger partial charge on any atom is -0.450 e. The summed E-state index contributed by atoms with van der Waals surface area (Å²) in [5.74, 6) is 0.566. The van der Waals surface area contributed by atoms with E-state index in [0.717, 1.165) is 10.2 Å². The third-order valence-electron chi connectivity index (χ3n) is 2.22. The third kappa shape index (κ3) is 2.89. The van der Waals surface area contributed by atoms with Gasteiger partial charge in [-0.3, -0.25) is 5.32 Å². The highest BCUT2D eigenvalue weighted by Crippen LogP contribution is 2.17. The zero-order valence-corrected chi connectivity index (χ0v) is 11.3. The van der Waals surface area contributed by atoms with Gasteiger partial charge in [0.15, 0.2) is 0 Å². The van der Waals surface area contributed by atoms with E-state index in [-0.39, 0.29) is 0 Å². The second-order valence-electron chi connectivity index (χ2n) is 3.45. The second kappa shape index (κ2) is 5.68. The highest BCUT2D eigenvalue weighted by atomic mass is 79.9. The van der Waals surface area contributed by atoms with Crippen LogP contribution >= 0.6 is 15.9 Å². The lowest BCUT2D eigenvalue weighted by atomic mass is 10.3. The standard InChI is InChI=1S/C12H12BrN3O2/c1-2-18-12(17)15-11-7-8-14-16(11)10-5-3-9(13)4-6-10/h3-8H,2H2,1H3,(H,15,17). The first-order valence-corrected chi connectivity index (χ1v) is 6.23. The van der Waals surface area contributed by atoms with Crippen molar-refractivity contribution in [2.45, 2.75) is 6.92 Å². The second-order valence-corrected chi connectivity index (χ2v) is 4.37. The molecule has 0 aliphatic heterocycles. The van der Waals surface area contributed by atoms with E-state index in [9.17, 15) is 4.79 Å². The number of halogens is 1. The van der Waals surface area contributed by atoms with E-state index in [0.29, 0.717) is 12.4 Å². The number of nitrogens with zero attached hydrogens (tertiary/aromatic N) is 2. The predicted molar refractivity (Wildman–Crippen MR) is 71.9 cm³/mol. The zero-order valence-electron chi connectivity index (χ0n) is 9.76. The van der Waals surface area contributed by atoms with Crippen molar-refractivity contribution in [3.05, 3.63) is 41.0 Å². The van der Waals surface area contributed by atoms with Crippen LogP contribution in [0.3, 0.4) is 0 Å². The van der Waals surface area contributed by atoms with Crippen molar-refractivity contribution in [2.24, 2.45) is 0 Å². The molecule has 94 valence electrons. The fourth-order valence-electron chi connectivity index (χ4n) is 1.46. The van der Waals surface area contributed by atoms with Crippen molar-refractivity contribution in [2.75, 3.05) is 11.9 Å². The van der Waals surface area contributed by atoms with Crippen LogP contribution < -0.4 is 5.32 Å². The first-order valence-electron chi connectivity index (χ1n) is 5.44. The number of ether oxygens (including phenoxy) is 1. The Labute approximate surface area is 113 Å². The monoisotopic (exact) mass is 309 g/mol. The fraction of sp³-hybridized carbons (Fsp3) is 0.167. The van der Waals surface area contributed by atoms with Gasteiger partial charge in [0.1, 0.15) is 5.82 Å². The zero-order chi connectivity index (χ0) is 13.0. The van der Waals surface area contributed by atoms with Crippen LogP contribution in [0.1, 0.15) is 6.92 Å². The van der Waals surface area contributed by atoms with Gasteiger partial charge in [0, 0.05) is 10.5 Å². The van der Waals surface area contributed by atoms with Crippen molar-refractivity contribution < 1.29 is 9.53 Å². The lowest BCUT2D eigenvalue weighted by Crippen LogP contribution is -2.16. The van der Waals surface area contributed by atoms with E-state index in [4.69, 9.17) is 4.74 Å². The number of amides is 1. The summed E-state index contributed by atoms with van der Waals surface area (Å²) in [6, 6.07) is 9.32. The quantitative estimate of drug-likeness (QED) is 0.947. The smallest absolute Gasteiger partial charge is 0.412 e. The average molecular weight is 310 g/mol. The molecule has 18 heavy (non-hydrogen) atoms. The minimum absolute atomic E-state index is 0.332. The average Bonchev–Trinajstić information content (AvgIpc) is 2.78. The predicted octanol–water partition coefficient (Wildman–Crippen LogP) is 3.20. The molecule has 0 fully saturated rings. The molecule has 0 atom stereocenters. The first kappa shape index (κ1) is 12.6. The molecule has 0 radical (unpaired) electrons. The molecule has 1 heterocycles. The van der Waals surface area contributed by atoms with Gasteiger partial charge in [0.2, 0.25) is 0 Å². The summed E-state index contributed by atoms with van der Waals surface area (Å²) >= 11 is 3.37. The maximum Gasteiger partial charge on any atom is 0.412 e. The van der Waals surface area contributed by atoms with E-state index < -0.39 is 6.09 Å². The summed E-state index contributed by atoms with van der Waals surface area (Å²) in [6.45, 7) is 2.09. The highest BCUT2D eigenvalue weighted by molar-refractivity contribution is 9.10. The van der Waals surface area contributed by atoms with Crippen LogP contribution in [0.5, 0.6) is 0 Å². The molecular weight excluding hydrogens is 298 g/mol. The van der Waals surface area contributed by atoms with Crippen LogP contribution in [0.2, 0.25) is 0 Å². The SMILES string of the molecule is CCOC(=O)Nc1ccnn1-c1ccc(Br)cc1. The number of carbonyl (C=O) groups is 1. The molecule has 6 heteroatoms. The van der Waals surface area contributed by atoms with Gasteiger partial charge in [0.05, 0.1) is 18.5 Å². The summed E-state index contributed by atoms with van der Waals surface area (Å²) < 4.78 is 7.44. The van der Waals surface area contributed by atoms with Gasteiger partial charge in [0.25, 0.3) is 0 Å². The van der Waals surface area contributed by atoms with Crippen molar-refractivity contribution in [1.82, 2.24) is 9.78 Å². The molecule has 0 aliphatic rings. The Morgan fingerprint density at radius 3 is 2.78 bits per heavy atom. The van der Waals surface area contributed by atoms with Crippen LogP contribution in [-0.4, -0.2) is 22.5 Å². The Morgan fingerprint density at radius 2 is 2.11 bits per heavy atom. The number of aromatic nitrogens is 2. The van der Waals surface area contributed by atoms with E-state index in [2.05, 4.69) is 26.3 Å². The van der Waals surface area contributed by atoms with E-state index in [1.807, 2.05) is 24.3 Å². The van der Waals surface area contributed by atoms with Gasteiger partial charge < -0.3 is 4.74 Å². The Morgan fingerprint density at radius 1 is 1.39 bits per heavy atom. The van der Waals surface area contributed by atoms with Crippen LogP contribution in [0, 0.1) is 0 Å². The van der Waals surface area contributed by atoms with Crippen molar-refractivity contribution in [3.8, 4) is 5.69 Å². The van der Waals surface area contributed by atoms with Crippen LogP contribution in [0.25, 0.3) is 5.69 Å². The topological polar surface area (TPSA) is 56.1 Å². The Bertz CT molecular complexity index is 537. The van der Waals surface area contributed by atoms with Gasteiger partial charge >= 0.3 is 6.09 Å². The molecule has 1 N–H and O–H groups in total. The van der Waals surface area contributed by atoms with Gasteiger partial charge in [-0.2, -0.15) is 5.10 Å². The molecule has 2 rings (SSSR count). The lowest BCUT2D eigenvalue weighted by Gasteiger charge is -2.08. The third-order valence-corrected chi connectivity index (χ3v) is 2.75. The largest absolute Gasteiger partial charge is 0.450 e. The molecule has 1 aromatic carbocycles. The summed E-state index contributed by atoms with van der Waals surface area (Å²) in [4.78, 5) is 11.4. The molecule has 0 saturated heterocycles. The highest BCUT2D eigenvalue weighted by Gasteiger charge is 2.08. The molecule has 0 saturated carbocycles. The number of carbonyl (C=O) groups excluding carboxylic acids is 1. The Hall–Kier alpha value is -1.82. The van der Waals surface area contributed by atoms with Gasteiger partial charge in [-0.1, -0.05) is 15.9 Å². The van der Waals surface area contributed by atoms with E-state index in [1.54, 1.807) is 23.9 Å². The lowest BCUT2D eigenvalue weighted by molar-refractivity contribution is 0.167. The molecular formula is C12H12BrN3O2. The summed E-state index contributed by atoms with van der Waals surface area (Å²) in [6.07, 6.45) is 1.13. The van der Waals surface area contributed by atoms with Gasteiger partial charge in [-0.25, -0.2) is 9.48 Å². The number of benzene rings is 1. The molecule has 0 aliphatic carbocycles. The molecule has 0 spiro atoms. The molecule has 5 nitrogen and oxygen atoms in total. The molecule has 0 unspecified atom stereocenters. The van der Waals surface area contributed by atoms with Crippen LogP contribution in [-0.2, 0) is 4.74 Å². The van der Waals surface area contributed by atoms with Gasteiger partial charge in [-0.15, -0.1) is 0 Å². The van der Waals surface area contributed by atoms with Crippen molar-refractivity contribution >= 4 is 27.8 Å². The number of nitrogens with one attached hydrogen (secondary N) is 1. The van der Waals surface area contributed by atoms with Crippen molar-refractivity contribution in [1.29, 1.82) is 0 Å². The first-order chi connectivity index (χ1) is 8.70. The molecule has 1 amide bonds. The normalized spacial score (nSPS) is 10.1. The number of rotatable bonds is 3. The maximum atomic E-state index is 11.4.